The number of aromatic amines is 1. The lowest BCUT2D eigenvalue weighted by Crippen LogP contribution is -2.44. The fourth-order valence-electron chi connectivity index (χ4n) is 8.84. The number of carbonyl (C=O) groups excluding carboxylic acids is 1. The molecule has 0 unspecified atom stereocenters. The Morgan fingerprint density at radius 1 is 0.867 bits per heavy atom. The van der Waals surface area contributed by atoms with Gasteiger partial charge in [0.1, 0.15) is 11.5 Å². The van der Waals surface area contributed by atoms with E-state index in [1.54, 1.807) is 38.6 Å². The molecule has 1 amide bonds. The summed E-state index contributed by atoms with van der Waals surface area (Å²) in [5.41, 5.74) is 2.23. The van der Waals surface area contributed by atoms with E-state index < -0.39 is 16.7 Å². The van der Waals surface area contributed by atoms with Crippen LogP contribution in [-0.2, 0) is 17.2 Å². The van der Waals surface area contributed by atoms with E-state index in [2.05, 4.69) is 29.8 Å². The number of aliphatic hydroxyl groups is 1. The van der Waals surface area contributed by atoms with Gasteiger partial charge < -0.3 is 33.7 Å². The van der Waals surface area contributed by atoms with Crippen molar-refractivity contribution >= 4 is 22.8 Å². The van der Waals surface area contributed by atoms with Crippen molar-refractivity contribution in [1.82, 2.24) is 29.0 Å². The van der Waals surface area contributed by atoms with Crippen LogP contribution in [0.2, 0.25) is 0 Å². The van der Waals surface area contributed by atoms with Gasteiger partial charge in [0.15, 0.2) is 0 Å². The van der Waals surface area contributed by atoms with Crippen molar-refractivity contribution in [2.45, 2.75) is 82.8 Å². The van der Waals surface area contributed by atoms with E-state index in [0.717, 1.165) is 66.2 Å². The quantitative estimate of drug-likeness (QED) is 0.155. The van der Waals surface area contributed by atoms with E-state index in [1.807, 2.05) is 17.0 Å². The first kappa shape index (κ1) is 42.3. The molecule has 3 aromatic heterocycles. The van der Waals surface area contributed by atoms with E-state index in [9.17, 15) is 24.3 Å². The Kier molecular flexibility index (Phi) is 12.9. The number of carbonyl (C=O) groups is 1. The molecular formula is C45H55N7O8. The normalized spacial score (nSPS) is 15.4. The minimum Gasteiger partial charge on any atom is -0.496 e. The van der Waals surface area contributed by atoms with Gasteiger partial charge in [-0.25, -0.2) is 14.8 Å². The Balaban J connectivity index is 1.04. The predicted molar refractivity (Wildman–Crippen MR) is 230 cm³/mol. The highest BCUT2D eigenvalue weighted by atomic mass is 16.5. The number of hydrogen-bond acceptors (Lipinski definition) is 11. The van der Waals surface area contributed by atoms with Gasteiger partial charge in [-0.3, -0.25) is 23.9 Å². The van der Waals surface area contributed by atoms with Crippen LogP contribution in [0.15, 0.2) is 75.3 Å². The smallest absolute Gasteiger partial charge is 0.333 e. The van der Waals surface area contributed by atoms with Gasteiger partial charge in [0, 0.05) is 79.7 Å². The number of benzene rings is 2. The van der Waals surface area contributed by atoms with Crippen LogP contribution < -0.4 is 31.2 Å². The zero-order valence-electron chi connectivity index (χ0n) is 35.1. The second-order valence-corrected chi connectivity index (χ2v) is 15.9. The molecule has 0 bridgehead atoms. The number of pyridine rings is 1. The van der Waals surface area contributed by atoms with Gasteiger partial charge in [-0.15, -0.1) is 0 Å². The van der Waals surface area contributed by atoms with Crippen LogP contribution in [0.5, 0.6) is 11.5 Å². The minimum atomic E-state index is -0.623. The Morgan fingerprint density at radius 2 is 1.55 bits per heavy atom. The topological polar surface area (TPSA) is 174 Å². The number of fused-ring (bicyclic) bond motifs is 1. The molecule has 0 aliphatic carbocycles. The van der Waals surface area contributed by atoms with Crippen LogP contribution in [0.3, 0.4) is 0 Å². The highest BCUT2D eigenvalue weighted by Gasteiger charge is 2.36. The Hall–Kier alpha value is -5.80. The molecule has 5 heterocycles. The standard InChI is InChI=1S/C45H55N7O8/c1-6-17-45(28-53,18-7-2)41-33-24-29(34-27-49(3)40(55)26-38(34)59-5)8-10-35(33)46-43(48-41)51-21-14-32(15-22-51)60-31-12-19-50(20-13-31)42(56)30-9-11-37(58-4)36(25-30)52-23-16-39(54)47-44(52)57/h8-11,16,23-27,31-32,53H,6-7,12-15,17-22,28H2,1-5H3,(H,47,54,57). The molecule has 2 aliphatic heterocycles. The largest absolute Gasteiger partial charge is 0.496 e. The summed E-state index contributed by atoms with van der Waals surface area (Å²) in [4.78, 5) is 66.9. The number of nitrogens with zero attached hydrogens (tertiary/aromatic N) is 6. The highest BCUT2D eigenvalue weighted by molar-refractivity contribution is 5.95. The molecule has 0 spiro atoms. The third-order valence-corrected chi connectivity index (χ3v) is 12.0. The molecule has 318 valence electrons. The summed E-state index contributed by atoms with van der Waals surface area (Å²) in [5.74, 6) is 1.38. The van der Waals surface area contributed by atoms with Crippen LogP contribution >= 0.6 is 0 Å². The summed E-state index contributed by atoms with van der Waals surface area (Å²) in [7, 11) is 4.76. The number of H-pyrrole nitrogens is 1. The molecule has 2 aromatic carbocycles. The summed E-state index contributed by atoms with van der Waals surface area (Å²) in [6.07, 6.45) is 9.55. The number of rotatable bonds is 14. The predicted octanol–water partition coefficient (Wildman–Crippen LogP) is 4.97. The van der Waals surface area contributed by atoms with Gasteiger partial charge in [0.2, 0.25) is 5.95 Å². The van der Waals surface area contributed by atoms with Gasteiger partial charge >= 0.3 is 5.69 Å². The summed E-state index contributed by atoms with van der Waals surface area (Å²) >= 11 is 0. The van der Waals surface area contributed by atoms with E-state index in [4.69, 9.17) is 24.2 Å². The second kappa shape index (κ2) is 18.2. The van der Waals surface area contributed by atoms with E-state index >= 15 is 0 Å². The second-order valence-electron chi connectivity index (χ2n) is 15.9. The number of aliphatic hydroxyl groups excluding tert-OH is 1. The maximum absolute atomic E-state index is 13.6. The lowest BCUT2D eigenvalue weighted by Gasteiger charge is -2.38. The Morgan fingerprint density at radius 3 is 2.18 bits per heavy atom. The number of aromatic nitrogens is 5. The molecule has 2 aliphatic rings. The number of aryl methyl sites for hydroxylation is 1. The molecule has 15 nitrogen and oxygen atoms in total. The summed E-state index contributed by atoms with van der Waals surface area (Å²) in [6, 6.07) is 13.7. The first-order valence-corrected chi connectivity index (χ1v) is 20.9. The SMILES string of the molecule is CCCC(CO)(CCC)c1nc(N2CCC(OC3CCN(C(=O)c4ccc(OC)c(-n5ccc(=O)[nH]c5=O)c4)CC3)CC2)nc2ccc(-c3cn(C)c(=O)cc3OC)cc12. The third kappa shape index (κ3) is 8.59. The lowest BCUT2D eigenvalue weighted by atomic mass is 9.75. The zero-order chi connectivity index (χ0) is 42.6. The number of anilines is 1. The fraction of sp³-hybridized carbons (Fsp3) is 0.467. The zero-order valence-corrected chi connectivity index (χ0v) is 35.1. The molecule has 2 saturated heterocycles. The molecule has 0 atom stereocenters. The van der Waals surface area contributed by atoms with E-state index in [1.165, 1.54) is 34.6 Å². The van der Waals surface area contributed by atoms with Crippen molar-refractivity contribution < 1.29 is 24.1 Å². The van der Waals surface area contributed by atoms with Crippen molar-refractivity contribution in [3.63, 3.8) is 0 Å². The van der Waals surface area contributed by atoms with E-state index in [-0.39, 0.29) is 30.3 Å². The summed E-state index contributed by atoms with van der Waals surface area (Å²) in [6.45, 7) is 6.74. The van der Waals surface area contributed by atoms with Crippen molar-refractivity contribution in [3.05, 3.63) is 103 Å². The molecule has 7 rings (SSSR count). The van der Waals surface area contributed by atoms with Gasteiger partial charge in [-0.05, 0) is 74.4 Å². The third-order valence-electron chi connectivity index (χ3n) is 12.0. The first-order chi connectivity index (χ1) is 29.0. The Labute approximate surface area is 348 Å². The van der Waals surface area contributed by atoms with Crippen LogP contribution in [-0.4, -0.2) is 99.2 Å². The molecule has 15 heteroatoms. The van der Waals surface area contributed by atoms with Crippen molar-refractivity contribution in [2.24, 2.45) is 7.05 Å². The Bertz CT molecular complexity index is 2510. The molecule has 0 radical (unpaired) electrons. The van der Waals surface area contributed by atoms with Crippen molar-refractivity contribution in [1.29, 1.82) is 0 Å². The number of piperidine rings is 2. The maximum Gasteiger partial charge on any atom is 0.333 e. The molecule has 60 heavy (non-hydrogen) atoms. The molecule has 5 aromatic rings. The number of methoxy groups -OCH3 is 2. The minimum absolute atomic E-state index is 0.0216. The average Bonchev–Trinajstić information content (AvgIpc) is 3.26. The number of likely N-dealkylation sites (tertiary alicyclic amines) is 1. The molecule has 0 saturated carbocycles. The van der Waals surface area contributed by atoms with Gasteiger partial charge in [-0.2, -0.15) is 0 Å². The number of ether oxygens (including phenoxy) is 3. The molecular weight excluding hydrogens is 767 g/mol. The van der Waals surface area contributed by atoms with Gasteiger partial charge in [-0.1, -0.05) is 32.8 Å². The van der Waals surface area contributed by atoms with Crippen molar-refractivity contribution in [3.8, 4) is 28.3 Å². The van der Waals surface area contributed by atoms with Crippen LogP contribution in [0.25, 0.3) is 27.7 Å². The number of amides is 1. The summed E-state index contributed by atoms with van der Waals surface area (Å²) in [5, 5.41) is 12.0. The first-order valence-electron chi connectivity index (χ1n) is 20.9. The highest BCUT2D eigenvalue weighted by Crippen LogP contribution is 2.40. The van der Waals surface area contributed by atoms with Crippen LogP contribution in [0.4, 0.5) is 5.95 Å². The maximum atomic E-state index is 13.6. The molecule has 2 N–H and O–H groups in total. The van der Waals surface area contributed by atoms with Gasteiger partial charge in [0.25, 0.3) is 17.0 Å². The van der Waals surface area contributed by atoms with Crippen molar-refractivity contribution in [2.75, 3.05) is 51.9 Å². The number of nitrogens with one attached hydrogen (secondary N) is 1. The number of hydrogen-bond donors (Lipinski definition) is 2. The van der Waals surface area contributed by atoms with Gasteiger partial charge in [0.05, 0.1) is 49.9 Å². The monoisotopic (exact) mass is 821 g/mol. The molecule has 2 fully saturated rings. The average molecular weight is 822 g/mol. The van der Waals surface area contributed by atoms with E-state index in [0.29, 0.717) is 67.7 Å². The van der Waals surface area contributed by atoms with Crippen LogP contribution in [0.1, 0.15) is 81.3 Å². The van der Waals surface area contributed by atoms with Crippen LogP contribution in [0, 0.1) is 0 Å². The fourth-order valence-corrected chi connectivity index (χ4v) is 8.84. The summed E-state index contributed by atoms with van der Waals surface area (Å²) < 4.78 is 20.5. The lowest BCUT2D eigenvalue weighted by molar-refractivity contribution is -0.0478.